The summed E-state index contributed by atoms with van der Waals surface area (Å²) >= 11 is 0. The average molecular weight is 681 g/mol. The number of aliphatic hydroxyl groups excluding tert-OH is 1. The molecule has 0 saturated heterocycles. The summed E-state index contributed by atoms with van der Waals surface area (Å²) in [5.41, 5.74) is 0. The van der Waals surface area contributed by atoms with Crippen LogP contribution in [0.4, 0.5) is 0 Å². The van der Waals surface area contributed by atoms with E-state index in [2.05, 4.69) is 61.8 Å². The zero-order valence-corrected chi connectivity index (χ0v) is 29.8. The van der Waals surface area contributed by atoms with Gasteiger partial charge < -0.3 is 24.4 Å². The maximum atomic E-state index is 12.3. The summed E-state index contributed by atoms with van der Waals surface area (Å²) < 4.78 is 26.1. The van der Waals surface area contributed by atoms with Crippen molar-refractivity contribution in [2.24, 2.45) is 5.92 Å². The monoisotopic (exact) mass is 680 g/mol. The second-order valence-corrected chi connectivity index (χ2v) is 13.0. The molecule has 1 unspecified atom stereocenters. The number of hydrogen-bond acceptors (Lipinski definition) is 7. The lowest BCUT2D eigenvalue weighted by Gasteiger charge is -2.18. The van der Waals surface area contributed by atoms with Gasteiger partial charge in [0, 0.05) is 12.8 Å². The Morgan fingerprint density at radius 3 is 1.98 bits per heavy atom. The number of phosphoric ester groups is 1. The molecular formula is C37H61O9P. The van der Waals surface area contributed by atoms with Gasteiger partial charge in [-0.3, -0.25) is 14.1 Å². The summed E-state index contributed by atoms with van der Waals surface area (Å²) in [7, 11) is -4.80. The topological polar surface area (TPSA) is 140 Å². The van der Waals surface area contributed by atoms with Gasteiger partial charge in [0.2, 0.25) is 0 Å². The molecule has 0 fully saturated rings. The van der Waals surface area contributed by atoms with E-state index in [-0.39, 0.29) is 19.4 Å². The fraction of sp³-hybridized carbons (Fsp3) is 0.622. The molecule has 0 radical (unpaired) electrons. The van der Waals surface area contributed by atoms with Gasteiger partial charge in [-0.2, -0.15) is 0 Å². The highest BCUT2D eigenvalue weighted by Gasteiger charge is 2.22. The highest BCUT2D eigenvalue weighted by Crippen LogP contribution is 2.35. The number of allylic oxidation sites excluding steroid dienone is 10. The molecule has 0 rings (SSSR count). The summed E-state index contributed by atoms with van der Waals surface area (Å²) in [6.07, 6.45) is 34.1. The minimum Gasteiger partial charge on any atom is -0.462 e. The van der Waals surface area contributed by atoms with Crippen LogP contribution in [0.2, 0.25) is 0 Å². The van der Waals surface area contributed by atoms with Gasteiger partial charge in [0.15, 0.2) is 6.10 Å². The van der Waals surface area contributed by atoms with Crippen LogP contribution < -0.4 is 0 Å². The Bertz CT molecular complexity index is 1020. The van der Waals surface area contributed by atoms with Crippen LogP contribution in [0.25, 0.3) is 0 Å². The molecule has 0 aliphatic rings. The van der Waals surface area contributed by atoms with Gasteiger partial charge in [0.05, 0.1) is 12.7 Å². The van der Waals surface area contributed by atoms with Crippen molar-refractivity contribution in [2.45, 2.75) is 129 Å². The first-order valence-corrected chi connectivity index (χ1v) is 18.7. The zero-order valence-electron chi connectivity index (χ0n) is 28.9. The molecule has 0 aromatic heterocycles. The summed E-state index contributed by atoms with van der Waals surface area (Å²) in [5, 5.41) is 10.1. The molecule has 9 nitrogen and oxygen atoms in total. The van der Waals surface area contributed by atoms with E-state index in [4.69, 9.17) is 19.3 Å². The number of hydrogen-bond donors (Lipinski definition) is 3. The number of phosphoric acid groups is 1. The van der Waals surface area contributed by atoms with Crippen LogP contribution in [-0.2, 0) is 28.2 Å². The lowest BCUT2D eigenvalue weighted by atomic mass is 10.0. The van der Waals surface area contributed by atoms with Gasteiger partial charge in [0.25, 0.3) is 0 Å². The van der Waals surface area contributed by atoms with E-state index >= 15 is 0 Å². The molecular weight excluding hydrogens is 619 g/mol. The fourth-order valence-corrected chi connectivity index (χ4v) is 4.56. The van der Waals surface area contributed by atoms with Crippen molar-refractivity contribution < 1.29 is 43.0 Å². The van der Waals surface area contributed by atoms with Crippen molar-refractivity contribution in [3.63, 3.8) is 0 Å². The first-order chi connectivity index (χ1) is 22.5. The van der Waals surface area contributed by atoms with Crippen LogP contribution in [-0.4, -0.2) is 52.3 Å². The quantitative estimate of drug-likeness (QED) is 0.0233. The number of carbonyl (C=O) groups excluding carboxylic acids is 2. The van der Waals surface area contributed by atoms with Crippen LogP contribution in [0.15, 0.2) is 72.9 Å². The van der Waals surface area contributed by atoms with Crippen LogP contribution >= 0.6 is 7.82 Å². The Labute approximate surface area is 283 Å². The predicted molar refractivity (Wildman–Crippen MR) is 189 cm³/mol. The lowest BCUT2D eigenvalue weighted by molar-refractivity contribution is -0.161. The predicted octanol–water partition coefficient (Wildman–Crippen LogP) is 8.78. The van der Waals surface area contributed by atoms with Crippen LogP contribution in [0, 0.1) is 5.92 Å². The first kappa shape index (κ1) is 44.5. The second-order valence-electron chi connectivity index (χ2n) is 11.8. The third-order valence-corrected chi connectivity index (χ3v) is 7.25. The Morgan fingerprint density at radius 1 is 0.723 bits per heavy atom. The number of unbranched alkanes of at least 4 members (excludes halogenated alkanes) is 5. The van der Waals surface area contributed by atoms with Gasteiger partial charge in [-0.25, -0.2) is 4.57 Å². The van der Waals surface area contributed by atoms with Gasteiger partial charge in [-0.05, 0) is 50.9 Å². The normalized spacial score (nSPS) is 14.2. The van der Waals surface area contributed by atoms with Gasteiger partial charge in [0.1, 0.15) is 6.61 Å². The third kappa shape index (κ3) is 34.6. The summed E-state index contributed by atoms with van der Waals surface area (Å²) in [6, 6.07) is 0. The maximum absolute atomic E-state index is 12.3. The fourth-order valence-electron chi connectivity index (χ4n) is 4.19. The van der Waals surface area contributed by atoms with Gasteiger partial charge in [-0.1, -0.05) is 132 Å². The Morgan fingerprint density at radius 2 is 1.34 bits per heavy atom. The van der Waals surface area contributed by atoms with Gasteiger partial charge in [-0.15, -0.1) is 0 Å². The third-order valence-electron chi connectivity index (χ3n) is 6.76. The van der Waals surface area contributed by atoms with Crippen LogP contribution in [0.3, 0.4) is 0 Å². The minimum atomic E-state index is -4.80. The van der Waals surface area contributed by atoms with E-state index in [0.29, 0.717) is 19.3 Å². The molecule has 3 N–H and O–H groups in total. The standard InChI is InChI=1S/C37H61O9P/c1-4-5-6-7-8-9-10-11-12-13-14-18-22-27-34(38)28-23-20-25-30-37(40)46-35(32-45-47(41,42)43)31-44-36(39)29-24-19-16-15-17-21-26-33(2)3/h5-6,8-9,11-12,14,18,20,22-23,27,33-35,38H,4,7,10,13,15-17,19,21,24-26,28-32H2,1-3H3,(H2,41,42,43)/b6-5-,9-8-,12-11-,18-14-,23-20-,27-22-/t34?,35-/m1/s1. The van der Waals surface area contributed by atoms with Crippen LogP contribution in [0.1, 0.15) is 117 Å². The van der Waals surface area contributed by atoms with E-state index in [1.54, 1.807) is 24.3 Å². The number of esters is 2. The molecule has 0 bridgehead atoms. The number of carbonyl (C=O) groups is 2. The summed E-state index contributed by atoms with van der Waals surface area (Å²) in [5.74, 6) is -0.362. The minimum absolute atomic E-state index is 0.00190. The van der Waals surface area contributed by atoms with Crippen molar-refractivity contribution in [3.05, 3.63) is 72.9 Å². The molecule has 47 heavy (non-hydrogen) atoms. The van der Waals surface area contributed by atoms with Crippen molar-refractivity contribution in [2.75, 3.05) is 13.2 Å². The lowest BCUT2D eigenvalue weighted by Crippen LogP contribution is -2.29. The maximum Gasteiger partial charge on any atom is 0.469 e. The smallest absolute Gasteiger partial charge is 0.462 e. The molecule has 0 saturated carbocycles. The molecule has 0 aliphatic heterocycles. The van der Waals surface area contributed by atoms with E-state index in [9.17, 15) is 19.3 Å². The van der Waals surface area contributed by atoms with Crippen molar-refractivity contribution >= 4 is 19.8 Å². The Kier molecular flexibility index (Phi) is 29.1. The number of rotatable bonds is 29. The second kappa shape index (κ2) is 30.8. The van der Waals surface area contributed by atoms with E-state index in [1.807, 2.05) is 12.2 Å². The largest absolute Gasteiger partial charge is 0.469 e. The molecule has 0 aromatic rings. The van der Waals surface area contributed by atoms with Crippen LogP contribution in [0.5, 0.6) is 0 Å². The SMILES string of the molecule is CC/C=C\C/C=C\C/C=C\C/C=C\C=C/C(O)C/C=C\CCC(=O)O[C@H](COC(=O)CCCCCCCCC(C)C)COP(=O)(O)O. The van der Waals surface area contributed by atoms with Crippen molar-refractivity contribution in [1.29, 1.82) is 0 Å². The number of aliphatic hydroxyl groups is 1. The molecule has 268 valence electrons. The first-order valence-electron chi connectivity index (χ1n) is 17.2. The highest BCUT2D eigenvalue weighted by atomic mass is 31.2. The number of ether oxygens (including phenoxy) is 2. The molecule has 0 heterocycles. The molecule has 2 atom stereocenters. The van der Waals surface area contributed by atoms with E-state index in [0.717, 1.165) is 50.9 Å². The van der Waals surface area contributed by atoms with Crippen molar-refractivity contribution in [1.82, 2.24) is 0 Å². The Balaban J connectivity index is 4.29. The average Bonchev–Trinajstić information content (AvgIpc) is 3.01. The molecule has 0 spiro atoms. The molecule has 0 amide bonds. The summed E-state index contributed by atoms with van der Waals surface area (Å²) in [4.78, 5) is 42.5. The molecule has 0 aromatic carbocycles. The Hall–Kier alpha value is -2.55. The molecule has 10 heteroatoms. The zero-order chi connectivity index (χ0) is 35.0. The highest BCUT2D eigenvalue weighted by molar-refractivity contribution is 7.46. The summed E-state index contributed by atoms with van der Waals surface area (Å²) in [6.45, 7) is 5.60. The molecule has 0 aliphatic carbocycles. The van der Waals surface area contributed by atoms with E-state index in [1.165, 1.54) is 19.3 Å². The van der Waals surface area contributed by atoms with Gasteiger partial charge >= 0.3 is 19.8 Å². The van der Waals surface area contributed by atoms with Crippen molar-refractivity contribution in [3.8, 4) is 0 Å². The van der Waals surface area contributed by atoms with E-state index < -0.39 is 38.6 Å².